The fraction of sp³-hybridized carbons (Fsp3) is 0.667. The Kier molecular flexibility index (Phi) is 3.28. The molecule has 1 aromatic rings. The van der Waals surface area contributed by atoms with Crippen molar-refractivity contribution >= 4 is 17.3 Å². The summed E-state index contributed by atoms with van der Waals surface area (Å²) in [6.07, 6.45) is 3.79. The molecule has 3 nitrogen and oxygen atoms in total. The molecule has 0 fully saturated rings. The van der Waals surface area contributed by atoms with Gasteiger partial charge in [0.05, 0.1) is 10.7 Å². The highest BCUT2D eigenvalue weighted by molar-refractivity contribution is 7.11. The van der Waals surface area contributed by atoms with Gasteiger partial charge in [-0.2, -0.15) is 0 Å². The van der Waals surface area contributed by atoms with E-state index in [2.05, 4.69) is 18.8 Å². The van der Waals surface area contributed by atoms with Gasteiger partial charge in [-0.3, -0.25) is 4.79 Å². The lowest BCUT2D eigenvalue weighted by Gasteiger charge is -2.08. The van der Waals surface area contributed by atoms with Crippen molar-refractivity contribution in [3.63, 3.8) is 0 Å². The smallest absolute Gasteiger partial charge is 0.312 e. The third-order valence-electron chi connectivity index (χ3n) is 3.37. The van der Waals surface area contributed by atoms with E-state index < -0.39 is 5.97 Å². The third-order valence-corrected chi connectivity index (χ3v) is 4.66. The van der Waals surface area contributed by atoms with Crippen LogP contribution in [0.2, 0.25) is 0 Å². The summed E-state index contributed by atoms with van der Waals surface area (Å²) in [6, 6.07) is 0. The highest BCUT2D eigenvalue weighted by atomic mass is 32.1. The molecule has 0 spiro atoms. The van der Waals surface area contributed by atoms with E-state index in [1.54, 1.807) is 11.3 Å². The van der Waals surface area contributed by atoms with Crippen molar-refractivity contribution in [2.24, 2.45) is 0 Å². The summed E-state index contributed by atoms with van der Waals surface area (Å²) in [5.41, 5.74) is 0.847. The van der Waals surface area contributed by atoms with Crippen LogP contribution in [0.3, 0.4) is 0 Å². The summed E-state index contributed by atoms with van der Waals surface area (Å²) in [5, 5.41) is 10.2. The number of carboxylic acid groups (broad SMARTS) is 1. The van der Waals surface area contributed by atoms with Crippen molar-refractivity contribution in [2.45, 2.75) is 51.4 Å². The van der Waals surface area contributed by atoms with Crippen LogP contribution in [0.15, 0.2) is 0 Å². The molecule has 0 saturated carbocycles. The Hall–Kier alpha value is -0.900. The molecule has 0 bridgehead atoms. The molecule has 1 aliphatic carbocycles. The van der Waals surface area contributed by atoms with Crippen LogP contribution in [0.4, 0.5) is 0 Å². The second kappa shape index (κ2) is 4.53. The maximum Gasteiger partial charge on any atom is 0.312 e. The van der Waals surface area contributed by atoms with Gasteiger partial charge in [-0.1, -0.05) is 13.8 Å². The molecule has 1 unspecified atom stereocenters. The fourth-order valence-corrected chi connectivity index (χ4v) is 3.71. The first-order valence-electron chi connectivity index (χ1n) is 5.89. The minimum absolute atomic E-state index is 0.352. The van der Waals surface area contributed by atoms with Gasteiger partial charge in [-0.15, -0.1) is 11.3 Å². The molecular formula is C12H17NO2S. The summed E-state index contributed by atoms with van der Waals surface area (Å²) in [7, 11) is 0. The fourth-order valence-electron chi connectivity index (χ4n) is 2.30. The summed E-state index contributed by atoms with van der Waals surface area (Å²) >= 11 is 1.73. The first kappa shape index (κ1) is 11.6. The molecular weight excluding hydrogens is 222 g/mol. The van der Waals surface area contributed by atoms with Crippen LogP contribution in [0.25, 0.3) is 0 Å². The van der Waals surface area contributed by atoms with Crippen molar-refractivity contribution in [3.8, 4) is 0 Å². The van der Waals surface area contributed by atoms with Crippen LogP contribution < -0.4 is 0 Å². The van der Waals surface area contributed by atoms with Crippen molar-refractivity contribution in [2.75, 3.05) is 0 Å². The molecule has 16 heavy (non-hydrogen) atoms. The van der Waals surface area contributed by atoms with E-state index in [0.717, 1.165) is 36.4 Å². The Bertz CT molecular complexity index is 396. The van der Waals surface area contributed by atoms with Gasteiger partial charge in [0.1, 0.15) is 5.92 Å². The van der Waals surface area contributed by atoms with Crippen molar-refractivity contribution < 1.29 is 9.90 Å². The van der Waals surface area contributed by atoms with Crippen molar-refractivity contribution in [1.82, 2.24) is 4.98 Å². The van der Waals surface area contributed by atoms with Gasteiger partial charge < -0.3 is 5.11 Å². The van der Waals surface area contributed by atoms with Gasteiger partial charge in [0, 0.05) is 10.8 Å². The van der Waals surface area contributed by atoms with E-state index >= 15 is 0 Å². The molecule has 0 saturated heterocycles. The highest BCUT2D eigenvalue weighted by Gasteiger charge is 2.33. The number of thiazole rings is 1. The van der Waals surface area contributed by atoms with Crippen LogP contribution in [0.5, 0.6) is 0 Å². The molecule has 1 N–H and O–H groups in total. The van der Waals surface area contributed by atoms with Gasteiger partial charge in [0.2, 0.25) is 0 Å². The van der Waals surface area contributed by atoms with Gasteiger partial charge >= 0.3 is 5.97 Å². The Morgan fingerprint density at radius 1 is 1.56 bits per heavy atom. The SMILES string of the molecule is CCC(CC)c1nc2c(s1)CCC2C(=O)O. The second-order valence-electron chi connectivity index (χ2n) is 4.30. The minimum Gasteiger partial charge on any atom is -0.481 e. The lowest BCUT2D eigenvalue weighted by atomic mass is 10.0. The molecule has 2 rings (SSSR count). The third kappa shape index (κ3) is 1.86. The first-order valence-corrected chi connectivity index (χ1v) is 6.71. The summed E-state index contributed by atoms with van der Waals surface area (Å²) in [6.45, 7) is 4.32. The zero-order valence-electron chi connectivity index (χ0n) is 9.69. The van der Waals surface area contributed by atoms with Gasteiger partial charge in [0.15, 0.2) is 0 Å². The van der Waals surface area contributed by atoms with Crippen molar-refractivity contribution in [1.29, 1.82) is 0 Å². The topological polar surface area (TPSA) is 50.2 Å². The lowest BCUT2D eigenvalue weighted by Crippen LogP contribution is -2.09. The number of nitrogens with zero attached hydrogens (tertiary/aromatic N) is 1. The second-order valence-corrected chi connectivity index (χ2v) is 5.42. The Balaban J connectivity index is 2.28. The zero-order valence-corrected chi connectivity index (χ0v) is 10.5. The Morgan fingerprint density at radius 3 is 2.81 bits per heavy atom. The number of carbonyl (C=O) groups is 1. The zero-order chi connectivity index (χ0) is 11.7. The standard InChI is InChI=1S/C12H17NO2S/c1-3-7(4-2)11-13-10-8(12(14)15)5-6-9(10)16-11/h7-8H,3-6H2,1-2H3,(H,14,15). The summed E-state index contributed by atoms with van der Waals surface area (Å²) in [5.74, 6) is -0.570. The molecule has 1 heterocycles. The van der Waals surface area contributed by atoms with Crippen LogP contribution in [-0.4, -0.2) is 16.1 Å². The van der Waals surface area contributed by atoms with Gasteiger partial charge in [0.25, 0.3) is 0 Å². The lowest BCUT2D eigenvalue weighted by molar-refractivity contribution is -0.138. The normalized spacial score (nSPS) is 19.1. The number of fused-ring (bicyclic) bond motifs is 1. The monoisotopic (exact) mass is 239 g/mol. The highest BCUT2D eigenvalue weighted by Crippen LogP contribution is 2.39. The maximum absolute atomic E-state index is 11.0. The molecule has 1 aliphatic rings. The van der Waals surface area contributed by atoms with E-state index in [4.69, 9.17) is 5.11 Å². The van der Waals surface area contributed by atoms with E-state index in [1.807, 2.05) is 0 Å². The predicted molar refractivity (Wildman–Crippen MR) is 64.1 cm³/mol. The number of aliphatic carboxylic acids is 1. The molecule has 88 valence electrons. The predicted octanol–water partition coefficient (Wildman–Crippen LogP) is 3.16. The molecule has 0 aliphatic heterocycles. The van der Waals surface area contributed by atoms with Crippen LogP contribution >= 0.6 is 11.3 Å². The number of aryl methyl sites for hydroxylation is 1. The molecule has 1 atom stereocenters. The molecule has 4 heteroatoms. The largest absolute Gasteiger partial charge is 0.481 e. The van der Waals surface area contributed by atoms with E-state index in [1.165, 1.54) is 4.88 Å². The van der Waals surface area contributed by atoms with Crippen LogP contribution in [0.1, 0.15) is 60.5 Å². The van der Waals surface area contributed by atoms with Gasteiger partial charge in [-0.25, -0.2) is 4.98 Å². The van der Waals surface area contributed by atoms with E-state index in [0.29, 0.717) is 5.92 Å². The number of hydrogen-bond acceptors (Lipinski definition) is 3. The first-order chi connectivity index (χ1) is 7.67. The Labute approximate surface area is 99.5 Å². The number of rotatable bonds is 4. The van der Waals surface area contributed by atoms with Crippen molar-refractivity contribution in [3.05, 3.63) is 15.6 Å². The summed E-state index contributed by atoms with van der Waals surface area (Å²) in [4.78, 5) is 16.8. The molecule has 0 radical (unpaired) electrons. The van der Waals surface area contributed by atoms with E-state index in [9.17, 15) is 4.79 Å². The summed E-state index contributed by atoms with van der Waals surface area (Å²) < 4.78 is 0. The average Bonchev–Trinajstić information content (AvgIpc) is 2.78. The quantitative estimate of drug-likeness (QED) is 0.878. The van der Waals surface area contributed by atoms with Gasteiger partial charge in [-0.05, 0) is 25.7 Å². The molecule has 0 aromatic carbocycles. The van der Waals surface area contributed by atoms with Crippen LogP contribution in [0, 0.1) is 0 Å². The number of hydrogen-bond donors (Lipinski definition) is 1. The van der Waals surface area contributed by atoms with Crippen LogP contribution in [-0.2, 0) is 11.2 Å². The average molecular weight is 239 g/mol. The van der Waals surface area contributed by atoms with E-state index in [-0.39, 0.29) is 5.92 Å². The minimum atomic E-state index is -0.722. The number of aromatic nitrogens is 1. The molecule has 0 amide bonds. The Morgan fingerprint density at radius 2 is 2.25 bits per heavy atom. The maximum atomic E-state index is 11.0. The molecule has 1 aromatic heterocycles. The number of carboxylic acids is 1.